The van der Waals surface area contributed by atoms with Crippen molar-refractivity contribution in [1.29, 1.82) is 0 Å². The predicted molar refractivity (Wildman–Crippen MR) is 179 cm³/mol. The van der Waals surface area contributed by atoms with Crippen LogP contribution < -0.4 is 0 Å². The number of nitrogens with zero attached hydrogens (tertiary/aromatic N) is 3. The highest BCUT2D eigenvalue weighted by Crippen LogP contribution is 2.44. The minimum absolute atomic E-state index is 0.722. The Morgan fingerprint density at radius 3 is 2.19 bits per heavy atom. The van der Waals surface area contributed by atoms with Crippen molar-refractivity contribution in [3.05, 3.63) is 127 Å². The van der Waals surface area contributed by atoms with Crippen molar-refractivity contribution in [2.45, 2.75) is 13.8 Å². The number of fused-ring (bicyclic) bond motifs is 8. The SMILES string of the molecule is Cc1c(C)n(-c2ccc(-c3nc(-c4ccccc4)c4sc5c(ccc6oc7ccccc7c65)c4n3)cc2)c2ccccc12. The summed E-state index contributed by atoms with van der Waals surface area (Å²) in [7, 11) is 0. The second-order valence-electron chi connectivity index (χ2n) is 11.1. The quantitative estimate of drug-likeness (QED) is 0.212. The molecule has 9 aromatic rings. The summed E-state index contributed by atoms with van der Waals surface area (Å²) in [6, 6.07) is 40.2. The van der Waals surface area contributed by atoms with Crippen LogP contribution in [0, 0.1) is 13.8 Å². The molecule has 0 saturated heterocycles. The van der Waals surface area contributed by atoms with Gasteiger partial charge < -0.3 is 8.98 Å². The number of rotatable bonds is 3. The lowest BCUT2D eigenvalue weighted by Gasteiger charge is -2.11. The molecule has 4 nitrogen and oxygen atoms in total. The van der Waals surface area contributed by atoms with Gasteiger partial charge in [-0.25, -0.2) is 9.97 Å². The highest BCUT2D eigenvalue weighted by atomic mass is 32.1. The molecule has 0 aliphatic heterocycles. The monoisotopic (exact) mass is 571 g/mol. The molecular formula is C38H25N3OS. The summed E-state index contributed by atoms with van der Waals surface area (Å²) < 4.78 is 10.8. The Labute approximate surface area is 251 Å². The van der Waals surface area contributed by atoms with E-state index in [0.29, 0.717) is 0 Å². The molecule has 204 valence electrons. The van der Waals surface area contributed by atoms with Crippen molar-refractivity contribution >= 4 is 64.5 Å². The minimum atomic E-state index is 0.722. The lowest BCUT2D eigenvalue weighted by Crippen LogP contribution is -1.98. The van der Waals surface area contributed by atoms with E-state index in [2.05, 4.69) is 115 Å². The summed E-state index contributed by atoms with van der Waals surface area (Å²) >= 11 is 1.75. The second-order valence-corrected chi connectivity index (χ2v) is 12.1. The number of thiophene rings is 1. The lowest BCUT2D eigenvalue weighted by atomic mass is 10.1. The Morgan fingerprint density at radius 2 is 1.35 bits per heavy atom. The Morgan fingerprint density at radius 1 is 0.605 bits per heavy atom. The Kier molecular flexibility index (Phi) is 5.16. The highest BCUT2D eigenvalue weighted by molar-refractivity contribution is 7.27. The molecule has 0 N–H and O–H groups in total. The first-order valence-electron chi connectivity index (χ1n) is 14.4. The molecule has 0 bridgehead atoms. The van der Waals surface area contributed by atoms with E-state index in [1.54, 1.807) is 11.3 Å². The average molecular weight is 572 g/mol. The van der Waals surface area contributed by atoms with Crippen LogP contribution in [0.1, 0.15) is 11.3 Å². The molecule has 0 atom stereocenters. The summed E-state index contributed by atoms with van der Waals surface area (Å²) in [5.74, 6) is 0.722. The summed E-state index contributed by atoms with van der Waals surface area (Å²) in [5.41, 5.74) is 10.7. The highest BCUT2D eigenvalue weighted by Gasteiger charge is 2.20. The van der Waals surface area contributed by atoms with Gasteiger partial charge in [-0.05, 0) is 67.9 Å². The number of aryl methyl sites for hydroxylation is 1. The smallest absolute Gasteiger partial charge is 0.160 e. The fourth-order valence-electron chi connectivity index (χ4n) is 6.45. The van der Waals surface area contributed by atoms with Crippen LogP contribution in [-0.4, -0.2) is 14.5 Å². The van der Waals surface area contributed by atoms with Crippen LogP contribution in [0.5, 0.6) is 0 Å². The summed E-state index contributed by atoms with van der Waals surface area (Å²) in [6.45, 7) is 4.39. The van der Waals surface area contributed by atoms with E-state index in [9.17, 15) is 0 Å². The first-order valence-corrected chi connectivity index (χ1v) is 15.2. The van der Waals surface area contributed by atoms with Crippen molar-refractivity contribution in [1.82, 2.24) is 14.5 Å². The molecule has 43 heavy (non-hydrogen) atoms. The lowest BCUT2D eigenvalue weighted by molar-refractivity contribution is 0.669. The zero-order valence-electron chi connectivity index (χ0n) is 23.6. The van der Waals surface area contributed by atoms with Gasteiger partial charge in [-0.1, -0.05) is 66.7 Å². The summed E-state index contributed by atoms with van der Waals surface area (Å²) in [5, 5.41) is 4.68. The predicted octanol–water partition coefficient (Wildman–Crippen LogP) is 10.6. The molecule has 0 unspecified atom stereocenters. The van der Waals surface area contributed by atoms with Crippen molar-refractivity contribution in [2.75, 3.05) is 0 Å². The van der Waals surface area contributed by atoms with Gasteiger partial charge in [0.25, 0.3) is 0 Å². The molecule has 0 spiro atoms. The van der Waals surface area contributed by atoms with E-state index in [-0.39, 0.29) is 0 Å². The molecule has 5 aromatic carbocycles. The van der Waals surface area contributed by atoms with Gasteiger partial charge in [0.05, 0.1) is 21.4 Å². The van der Waals surface area contributed by atoms with Crippen LogP contribution in [0.15, 0.2) is 120 Å². The van der Waals surface area contributed by atoms with E-state index in [0.717, 1.165) is 65.9 Å². The van der Waals surface area contributed by atoms with Crippen LogP contribution in [0.3, 0.4) is 0 Å². The van der Waals surface area contributed by atoms with Crippen LogP contribution in [0.4, 0.5) is 0 Å². The molecule has 4 aromatic heterocycles. The van der Waals surface area contributed by atoms with Crippen molar-refractivity contribution < 1.29 is 4.42 Å². The van der Waals surface area contributed by atoms with Crippen LogP contribution >= 0.6 is 11.3 Å². The van der Waals surface area contributed by atoms with Crippen LogP contribution in [0.2, 0.25) is 0 Å². The third-order valence-electron chi connectivity index (χ3n) is 8.68. The number of hydrogen-bond donors (Lipinski definition) is 0. The van der Waals surface area contributed by atoms with E-state index in [4.69, 9.17) is 14.4 Å². The first kappa shape index (κ1) is 24.3. The van der Waals surface area contributed by atoms with Gasteiger partial charge in [-0.3, -0.25) is 0 Å². The first-order chi connectivity index (χ1) is 21.2. The van der Waals surface area contributed by atoms with Gasteiger partial charge in [0, 0.05) is 48.8 Å². The standard InChI is InChI=1S/C38H25N3OS/c1-22-23(2)41(30-14-8-6-12-27(22)30)26-18-16-25(17-19-26)38-39-34(24-10-4-3-5-11-24)37-35(40-38)29-20-21-32-33(36(29)43-37)28-13-7-9-15-31(28)42-32/h3-21H,1-2H3. The fraction of sp³-hybridized carbons (Fsp3) is 0.0526. The maximum atomic E-state index is 6.22. The number of benzene rings is 5. The Bertz CT molecular complexity index is 2520. The van der Waals surface area contributed by atoms with Gasteiger partial charge >= 0.3 is 0 Å². The van der Waals surface area contributed by atoms with Gasteiger partial charge in [-0.2, -0.15) is 0 Å². The van der Waals surface area contributed by atoms with Crippen LogP contribution in [-0.2, 0) is 0 Å². The third-order valence-corrected chi connectivity index (χ3v) is 9.90. The van der Waals surface area contributed by atoms with Crippen LogP contribution in [0.25, 0.3) is 81.5 Å². The van der Waals surface area contributed by atoms with Crippen molar-refractivity contribution in [3.8, 4) is 28.3 Å². The number of aromatic nitrogens is 3. The number of furan rings is 1. The van der Waals surface area contributed by atoms with E-state index in [1.807, 2.05) is 18.2 Å². The molecule has 0 saturated carbocycles. The van der Waals surface area contributed by atoms with Gasteiger partial charge in [0.15, 0.2) is 5.82 Å². The average Bonchev–Trinajstić information content (AvgIpc) is 3.70. The number of hydrogen-bond acceptors (Lipinski definition) is 4. The normalized spacial score (nSPS) is 12.0. The molecule has 0 amide bonds. The van der Waals surface area contributed by atoms with Crippen molar-refractivity contribution in [2.24, 2.45) is 0 Å². The largest absolute Gasteiger partial charge is 0.456 e. The van der Waals surface area contributed by atoms with E-state index >= 15 is 0 Å². The molecular weight excluding hydrogens is 547 g/mol. The zero-order chi connectivity index (χ0) is 28.7. The van der Waals surface area contributed by atoms with E-state index in [1.165, 1.54) is 26.9 Å². The Hall–Kier alpha value is -5.26. The maximum absolute atomic E-state index is 6.22. The second kappa shape index (κ2) is 9.12. The van der Waals surface area contributed by atoms with Gasteiger partial charge in [-0.15, -0.1) is 11.3 Å². The molecule has 9 rings (SSSR count). The van der Waals surface area contributed by atoms with Gasteiger partial charge in [0.1, 0.15) is 11.2 Å². The zero-order valence-corrected chi connectivity index (χ0v) is 24.4. The molecule has 0 aliphatic rings. The molecule has 5 heteroatoms. The third kappa shape index (κ3) is 3.55. The molecule has 4 heterocycles. The van der Waals surface area contributed by atoms with E-state index < -0.39 is 0 Å². The summed E-state index contributed by atoms with van der Waals surface area (Å²) in [4.78, 5) is 10.4. The topological polar surface area (TPSA) is 43.9 Å². The maximum Gasteiger partial charge on any atom is 0.160 e. The molecule has 0 radical (unpaired) electrons. The summed E-state index contributed by atoms with van der Waals surface area (Å²) in [6.07, 6.45) is 0. The van der Waals surface area contributed by atoms with Gasteiger partial charge in [0.2, 0.25) is 0 Å². The molecule has 0 fully saturated rings. The molecule has 0 aliphatic carbocycles. The fourth-order valence-corrected chi connectivity index (χ4v) is 7.76. The van der Waals surface area contributed by atoms with Crippen molar-refractivity contribution in [3.63, 3.8) is 0 Å². The minimum Gasteiger partial charge on any atom is -0.456 e. The number of para-hydroxylation sites is 2. The Balaban J connectivity index is 1.27.